The van der Waals surface area contributed by atoms with Crippen molar-refractivity contribution in [3.8, 4) is 0 Å². The van der Waals surface area contributed by atoms with E-state index in [2.05, 4.69) is 9.80 Å². The molecule has 6 heterocycles. The van der Waals surface area contributed by atoms with Crippen molar-refractivity contribution < 1.29 is 4.70 Å². The number of hydrogen-bond acceptors (Lipinski definition) is 2. The van der Waals surface area contributed by atoms with E-state index < -0.39 is 0 Å². The zero-order valence-corrected chi connectivity index (χ0v) is 11.3. The van der Waals surface area contributed by atoms with E-state index in [9.17, 15) is 5.53 Å². The lowest BCUT2D eigenvalue weighted by atomic mass is 9.71. The van der Waals surface area contributed by atoms with Crippen molar-refractivity contribution in [3.63, 3.8) is 0 Å². The van der Waals surface area contributed by atoms with E-state index in [0.717, 1.165) is 0 Å². The van der Waals surface area contributed by atoms with Gasteiger partial charge in [-0.3, -0.25) is 9.80 Å². The zero-order chi connectivity index (χ0) is 12.2. The molecule has 4 bridgehead atoms. The number of piperazine rings is 3. The lowest BCUT2D eigenvalue weighted by Gasteiger charge is -2.41. The second-order valence-corrected chi connectivity index (χ2v) is 6.94. The number of hydrogen-bond donors (Lipinski definition) is 0. The van der Waals surface area contributed by atoms with Gasteiger partial charge in [-0.25, -0.2) is 0 Å². The van der Waals surface area contributed by atoms with E-state index in [1.807, 2.05) is 0 Å². The average Bonchev–Trinajstić information content (AvgIpc) is 3.00. The van der Waals surface area contributed by atoms with Crippen LogP contribution in [0.5, 0.6) is 0 Å². The Bertz CT molecular complexity index is 300. The fourth-order valence-electron chi connectivity index (χ4n) is 4.80. The van der Waals surface area contributed by atoms with E-state index in [-0.39, 0.29) is 11.1 Å². The molecule has 6 aliphatic rings. The third kappa shape index (κ3) is 1.45. The lowest BCUT2D eigenvalue weighted by Crippen LogP contribution is -2.55. The van der Waals surface area contributed by atoms with Gasteiger partial charge in [-0.05, 0) is 0 Å². The predicted octanol–water partition coefficient (Wildman–Crippen LogP) is 1.50. The maximum Gasteiger partial charge on any atom is 0.152 e. The van der Waals surface area contributed by atoms with Crippen LogP contribution in [0.15, 0.2) is 0 Å². The molecular formula is C14H24N4. The van der Waals surface area contributed by atoms with Gasteiger partial charge in [0.2, 0.25) is 0 Å². The molecule has 0 radical (unpaired) electrons. The third-order valence-electron chi connectivity index (χ3n) is 6.26. The maximum atomic E-state index is 9.74. The first kappa shape index (κ1) is 11.4. The molecule has 0 unspecified atom stereocenters. The smallest absolute Gasteiger partial charge is 0.152 e. The number of fused-ring (bicyclic) bond motifs is 3. The van der Waals surface area contributed by atoms with Crippen molar-refractivity contribution in [2.24, 2.45) is 0 Å². The SMILES string of the molecule is C1CN2CCN1CC2.[N-]=[N+]1C23CCC1(CC2)CC3. The van der Waals surface area contributed by atoms with E-state index in [4.69, 9.17) is 0 Å². The molecule has 6 aliphatic heterocycles. The largest absolute Gasteiger partial charge is 0.506 e. The van der Waals surface area contributed by atoms with Crippen LogP contribution in [0.4, 0.5) is 0 Å². The molecule has 0 spiro atoms. The van der Waals surface area contributed by atoms with Crippen molar-refractivity contribution in [1.29, 1.82) is 0 Å². The van der Waals surface area contributed by atoms with Gasteiger partial charge < -0.3 is 10.2 Å². The highest BCUT2D eigenvalue weighted by molar-refractivity contribution is 5.08. The second-order valence-electron chi connectivity index (χ2n) is 6.94. The molecule has 6 saturated heterocycles. The minimum atomic E-state index is 0.264. The van der Waals surface area contributed by atoms with Crippen molar-refractivity contribution >= 4 is 0 Å². The fraction of sp³-hybridized carbons (Fsp3) is 1.00. The Kier molecular flexibility index (Phi) is 2.37. The fourth-order valence-corrected chi connectivity index (χ4v) is 4.80. The molecule has 100 valence electrons. The molecule has 0 aliphatic carbocycles. The summed E-state index contributed by atoms with van der Waals surface area (Å²) < 4.78 is 1.71. The molecule has 0 saturated carbocycles. The minimum absolute atomic E-state index is 0.264. The highest BCUT2D eigenvalue weighted by Crippen LogP contribution is 2.60. The Balaban J connectivity index is 0.000000101. The van der Waals surface area contributed by atoms with E-state index in [1.54, 1.807) is 4.70 Å². The van der Waals surface area contributed by atoms with Crippen LogP contribution in [0.1, 0.15) is 38.5 Å². The monoisotopic (exact) mass is 248 g/mol. The van der Waals surface area contributed by atoms with Crippen molar-refractivity contribution in [2.45, 2.75) is 49.6 Å². The third-order valence-corrected chi connectivity index (χ3v) is 6.26. The van der Waals surface area contributed by atoms with E-state index >= 15 is 0 Å². The van der Waals surface area contributed by atoms with Gasteiger partial charge in [0.05, 0.1) is 0 Å². The Morgan fingerprint density at radius 2 is 0.889 bits per heavy atom. The van der Waals surface area contributed by atoms with Crippen LogP contribution in [-0.2, 0) is 0 Å². The van der Waals surface area contributed by atoms with Gasteiger partial charge in [-0.15, -0.1) is 0 Å². The summed E-state index contributed by atoms with van der Waals surface area (Å²) in [6, 6.07) is 0. The summed E-state index contributed by atoms with van der Waals surface area (Å²) in [5, 5.41) is 0. The standard InChI is InChI=1S/C8H12N2.C6H12N2/c9-10-7-1-2-8(10,5-3-7)6-4-7;1-2-8-5-3-7(1)4-6-8/h1-6H2;1-6H2. The second kappa shape index (κ2) is 3.76. The van der Waals surface area contributed by atoms with Crippen molar-refractivity contribution in [2.75, 3.05) is 39.3 Å². The molecule has 18 heavy (non-hydrogen) atoms. The molecule has 6 rings (SSSR count). The summed E-state index contributed by atoms with van der Waals surface area (Å²) in [5.41, 5.74) is 10.3. The molecular weight excluding hydrogens is 224 g/mol. The Morgan fingerprint density at radius 1 is 0.611 bits per heavy atom. The van der Waals surface area contributed by atoms with Crippen LogP contribution in [-0.4, -0.2) is 64.8 Å². The van der Waals surface area contributed by atoms with Gasteiger partial charge in [0, 0.05) is 77.8 Å². The number of nitrogens with zero attached hydrogens (tertiary/aromatic N) is 4. The summed E-state index contributed by atoms with van der Waals surface area (Å²) in [5.74, 6) is 0. The Hall–Kier alpha value is -0.480. The van der Waals surface area contributed by atoms with Crippen LogP contribution in [0.25, 0.3) is 5.53 Å². The van der Waals surface area contributed by atoms with E-state index in [0.29, 0.717) is 0 Å². The summed E-state index contributed by atoms with van der Waals surface area (Å²) in [4.78, 5) is 5.08. The molecule has 4 nitrogen and oxygen atoms in total. The lowest BCUT2D eigenvalue weighted by molar-refractivity contribution is -0.625. The van der Waals surface area contributed by atoms with Gasteiger partial charge >= 0.3 is 0 Å². The van der Waals surface area contributed by atoms with Gasteiger partial charge in [0.25, 0.3) is 0 Å². The van der Waals surface area contributed by atoms with Crippen molar-refractivity contribution in [1.82, 2.24) is 9.80 Å². The predicted molar refractivity (Wildman–Crippen MR) is 69.7 cm³/mol. The molecule has 0 aromatic rings. The summed E-state index contributed by atoms with van der Waals surface area (Å²) in [6.07, 6.45) is 7.52. The van der Waals surface area contributed by atoms with E-state index in [1.165, 1.54) is 77.8 Å². The highest BCUT2D eigenvalue weighted by atomic mass is 15.4. The first-order valence-corrected chi connectivity index (χ1v) is 7.67. The average molecular weight is 248 g/mol. The molecule has 0 aromatic heterocycles. The molecule has 0 atom stereocenters. The van der Waals surface area contributed by atoms with Gasteiger partial charge in [-0.2, -0.15) is 0 Å². The summed E-state index contributed by atoms with van der Waals surface area (Å²) >= 11 is 0. The Morgan fingerprint density at radius 3 is 1.00 bits per heavy atom. The van der Waals surface area contributed by atoms with Crippen molar-refractivity contribution in [3.05, 3.63) is 5.53 Å². The first-order chi connectivity index (χ1) is 8.73. The van der Waals surface area contributed by atoms with Crippen LogP contribution in [0, 0.1) is 0 Å². The highest BCUT2D eigenvalue weighted by Gasteiger charge is 2.68. The molecule has 0 amide bonds. The molecule has 0 N–H and O–H groups in total. The maximum absolute atomic E-state index is 9.74. The van der Waals surface area contributed by atoms with Crippen LogP contribution in [0.2, 0.25) is 0 Å². The van der Waals surface area contributed by atoms with Gasteiger partial charge in [0.1, 0.15) is 0 Å². The summed E-state index contributed by atoms with van der Waals surface area (Å²) in [7, 11) is 0. The van der Waals surface area contributed by atoms with Crippen LogP contribution in [0.3, 0.4) is 0 Å². The minimum Gasteiger partial charge on any atom is -0.506 e. The molecule has 6 fully saturated rings. The van der Waals surface area contributed by atoms with Gasteiger partial charge in [-0.1, -0.05) is 0 Å². The first-order valence-electron chi connectivity index (χ1n) is 7.67. The Labute approximate surface area is 109 Å². The quantitative estimate of drug-likeness (QED) is 0.608. The normalized spacial score (nSPS) is 51.4. The molecule has 0 aromatic carbocycles. The topological polar surface area (TPSA) is 31.8 Å². The summed E-state index contributed by atoms with van der Waals surface area (Å²) in [6.45, 7) is 7.92. The zero-order valence-electron chi connectivity index (χ0n) is 11.3. The number of rotatable bonds is 0. The van der Waals surface area contributed by atoms with Crippen LogP contribution >= 0.6 is 0 Å². The molecule has 4 heteroatoms. The van der Waals surface area contributed by atoms with Crippen LogP contribution < -0.4 is 0 Å². The van der Waals surface area contributed by atoms with Gasteiger partial charge in [0.15, 0.2) is 11.1 Å².